The van der Waals surface area contributed by atoms with Gasteiger partial charge in [-0.2, -0.15) is 0 Å². The van der Waals surface area contributed by atoms with Crippen molar-refractivity contribution in [1.29, 1.82) is 0 Å². The molecule has 1 amide bonds. The van der Waals surface area contributed by atoms with Crippen LogP contribution in [0.5, 0.6) is 5.75 Å². The number of nitrogens with two attached hydrogens (primary N) is 2. The van der Waals surface area contributed by atoms with Crippen molar-refractivity contribution in [2.45, 2.75) is 6.36 Å². The molecule has 0 radical (unpaired) electrons. The van der Waals surface area contributed by atoms with Crippen molar-refractivity contribution in [2.24, 2.45) is 5.73 Å². The molecule has 8 heteroatoms. The zero-order chi connectivity index (χ0) is 12.5. The van der Waals surface area contributed by atoms with E-state index in [1.807, 2.05) is 0 Å². The molecular formula is C8H6F4N2O2. The summed E-state index contributed by atoms with van der Waals surface area (Å²) in [7, 11) is 0. The molecule has 1 rings (SSSR count). The van der Waals surface area contributed by atoms with Crippen molar-refractivity contribution in [3.8, 4) is 5.75 Å². The molecule has 4 N–H and O–H groups in total. The van der Waals surface area contributed by atoms with Gasteiger partial charge in [0.25, 0.3) is 5.91 Å². The van der Waals surface area contributed by atoms with E-state index in [0.717, 1.165) is 12.1 Å². The lowest BCUT2D eigenvalue weighted by Gasteiger charge is -2.12. The summed E-state index contributed by atoms with van der Waals surface area (Å²) in [6, 6.07) is 1.76. The van der Waals surface area contributed by atoms with Gasteiger partial charge in [-0.15, -0.1) is 13.2 Å². The summed E-state index contributed by atoms with van der Waals surface area (Å²) in [5.74, 6) is -4.02. The van der Waals surface area contributed by atoms with Crippen LogP contribution in [0.15, 0.2) is 12.1 Å². The maximum atomic E-state index is 13.3. The topological polar surface area (TPSA) is 78.3 Å². The molecule has 0 saturated heterocycles. The van der Waals surface area contributed by atoms with Crippen LogP contribution in [0.2, 0.25) is 0 Å². The summed E-state index contributed by atoms with van der Waals surface area (Å²) in [5, 5.41) is 0. The second-order valence-corrected chi connectivity index (χ2v) is 2.76. The normalized spacial score (nSPS) is 11.2. The number of nitrogen functional groups attached to an aromatic ring is 1. The highest BCUT2D eigenvalue weighted by Gasteiger charge is 2.34. The predicted octanol–water partition coefficient (Wildman–Crippen LogP) is 1.41. The zero-order valence-corrected chi connectivity index (χ0v) is 7.64. The Balaban J connectivity index is 3.27. The monoisotopic (exact) mass is 238 g/mol. The Labute approximate surface area is 86.8 Å². The van der Waals surface area contributed by atoms with E-state index in [2.05, 4.69) is 4.74 Å². The Hall–Kier alpha value is -1.99. The molecule has 0 aliphatic carbocycles. The van der Waals surface area contributed by atoms with Crippen molar-refractivity contribution >= 4 is 11.6 Å². The van der Waals surface area contributed by atoms with Gasteiger partial charge in [-0.05, 0) is 12.1 Å². The fourth-order valence-electron chi connectivity index (χ4n) is 0.981. The number of ether oxygens (including phenoxy) is 1. The molecule has 0 saturated carbocycles. The fraction of sp³-hybridized carbons (Fsp3) is 0.125. The Bertz CT molecular complexity index is 431. The molecule has 0 unspecified atom stereocenters. The lowest BCUT2D eigenvalue weighted by Crippen LogP contribution is -2.21. The smallest absolute Gasteiger partial charge is 0.400 e. The molecule has 0 heterocycles. The number of rotatable bonds is 2. The third kappa shape index (κ3) is 2.53. The molecule has 0 atom stereocenters. The summed E-state index contributed by atoms with van der Waals surface area (Å²) in [5.41, 5.74) is 8.51. The van der Waals surface area contributed by atoms with Crippen LogP contribution >= 0.6 is 0 Å². The van der Waals surface area contributed by atoms with Crippen molar-refractivity contribution in [3.63, 3.8) is 0 Å². The van der Waals surface area contributed by atoms with E-state index in [4.69, 9.17) is 11.5 Å². The number of hydrogen-bond donors (Lipinski definition) is 2. The van der Waals surface area contributed by atoms with E-state index >= 15 is 0 Å². The van der Waals surface area contributed by atoms with Crippen LogP contribution < -0.4 is 16.2 Å². The molecule has 0 bridgehead atoms. The highest BCUT2D eigenvalue weighted by Crippen LogP contribution is 2.32. The highest BCUT2D eigenvalue weighted by atomic mass is 19.4. The van der Waals surface area contributed by atoms with Gasteiger partial charge >= 0.3 is 6.36 Å². The number of anilines is 1. The maximum absolute atomic E-state index is 13.3. The van der Waals surface area contributed by atoms with Crippen LogP contribution in [0, 0.1) is 5.82 Å². The number of primary amides is 1. The van der Waals surface area contributed by atoms with Crippen LogP contribution in [0.4, 0.5) is 23.2 Å². The second-order valence-electron chi connectivity index (χ2n) is 2.76. The first-order valence-electron chi connectivity index (χ1n) is 3.86. The molecule has 0 aliphatic rings. The standard InChI is InChI=1S/C8H6F4N2O2/c9-5-3(7(14)15)1-2-4(13)6(5)16-8(10,11)12/h1-2H,13H2,(H2,14,15). The number of amides is 1. The number of alkyl halides is 3. The van der Waals surface area contributed by atoms with Gasteiger partial charge < -0.3 is 16.2 Å². The van der Waals surface area contributed by atoms with Crippen molar-refractivity contribution in [2.75, 3.05) is 5.73 Å². The summed E-state index contributed by atoms with van der Waals surface area (Å²) < 4.78 is 52.3. The minimum atomic E-state index is -5.11. The Morgan fingerprint density at radius 3 is 2.31 bits per heavy atom. The number of carbonyl (C=O) groups excluding carboxylic acids is 1. The average Bonchev–Trinajstić information content (AvgIpc) is 2.10. The number of benzene rings is 1. The van der Waals surface area contributed by atoms with Crippen LogP contribution in [0.1, 0.15) is 10.4 Å². The van der Waals surface area contributed by atoms with Crippen LogP contribution in [-0.4, -0.2) is 12.3 Å². The van der Waals surface area contributed by atoms with Gasteiger partial charge in [0.05, 0.1) is 11.3 Å². The lowest BCUT2D eigenvalue weighted by atomic mass is 10.1. The Morgan fingerprint density at radius 1 is 1.31 bits per heavy atom. The first kappa shape index (κ1) is 12.1. The molecule has 1 aromatic carbocycles. The van der Waals surface area contributed by atoms with Gasteiger partial charge in [0.1, 0.15) is 0 Å². The van der Waals surface area contributed by atoms with Crippen LogP contribution in [-0.2, 0) is 0 Å². The first-order chi connectivity index (χ1) is 7.22. The fourth-order valence-corrected chi connectivity index (χ4v) is 0.981. The predicted molar refractivity (Wildman–Crippen MR) is 46.0 cm³/mol. The molecular weight excluding hydrogens is 232 g/mol. The Morgan fingerprint density at radius 2 is 1.88 bits per heavy atom. The zero-order valence-electron chi connectivity index (χ0n) is 7.64. The van der Waals surface area contributed by atoms with E-state index in [9.17, 15) is 22.4 Å². The molecule has 0 aromatic heterocycles. The quantitative estimate of drug-likeness (QED) is 0.603. The third-order valence-electron chi connectivity index (χ3n) is 1.61. The van der Waals surface area contributed by atoms with Crippen molar-refractivity contribution in [3.05, 3.63) is 23.5 Å². The molecule has 0 fully saturated rings. The summed E-state index contributed by atoms with van der Waals surface area (Å²) >= 11 is 0. The van der Waals surface area contributed by atoms with Crippen molar-refractivity contribution < 1.29 is 27.1 Å². The lowest BCUT2D eigenvalue weighted by molar-refractivity contribution is -0.275. The SMILES string of the molecule is NC(=O)c1ccc(N)c(OC(F)(F)F)c1F. The van der Waals surface area contributed by atoms with Gasteiger partial charge in [0, 0.05) is 0 Å². The number of carbonyl (C=O) groups is 1. The van der Waals surface area contributed by atoms with Gasteiger partial charge in [0.2, 0.25) is 0 Å². The average molecular weight is 238 g/mol. The molecule has 16 heavy (non-hydrogen) atoms. The Kier molecular flexibility index (Phi) is 2.92. The summed E-state index contributed by atoms with van der Waals surface area (Å²) in [6.07, 6.45) is -5.11. The maximum Gasteiger partial charge on any atom is 0.573 e. The first-order valence-corrected chi connectivity index (χ1v) is 3.86. The minimum absolute atomic E-state index is 0.583. The van der Waals surface area contributed by atoms with Gasteiger partial charge in [-0.25, -0.2) is 4.39 Å². The van der Waals surface area contributed by atoms with E-state index in [1.54, 1.807) is 0 Å². The molecule has 4 nitrogen and oxygen atoms in total. The number of hydrogen-bond acceptors (Lipinski definition) is 3. The largest absolute Gasteiger partial charge is 0.573 e. The van der Waals surface area contributed by atoms with Crippen LogP contribution in [0.25, 0.3) is 0 Å². The van der Waals surface area contributed by atoms with E-state index in [-0.39, 0.29) is 0 Å². The summed E-state index contributed by atoms with van der Waals surface area (Å²) in [4.78, 5) is 10.7. The molecule has 0 spiro atoms. The molecule has 88 valence electrons. The van der Waals surface area contributed by atoms with E-state index < -0.39 is 35.1 Å². The molecule has 0 aliphatic heterocycles. The number of halogens is 4. The minimum Gasteiger partial charge on any atom is -0.400 e. The highest BCUT2D eigenvalue weighted by molar-refractivity contribution is 5.94. The molecule has 1 aromatic rings. The van der Waals surface area contributed by atoms with E-state index in [1.165, 1.54) is 0 Å². The third-order valence-corrected chi connectivity index (χ3v) is 1.61. The van der Waals surface area contributed by atoms with Gasteiger partial charge in [-0.3, -0.25) is 4.79 Å². The van der Waals surface area contributed by atoms with E-state index in [0.29, 0.717) is 0 Å². The second kappa shape index (κ2) is 3.87. The van der Waals surface area contributed by atoms with Crippen LogP contribution in [0.3, 0.4) is 0 Å². The van der Waals surface area contributed by atoms with Gasteiger partial charge in [0.15, 0.2) is 11.6 Å². The van der Waals surface area contributed by atoms with Gasteiger partial charge in [-0.1, -0.05) is 0 Å². The van der Waals surface area contributed by atoms with Crippen molar-refractivity contribution in [1.82, 2.24) is 0 Å². The summed E-state index contributed by atoms with van der Waals surface area (Å²) in [6.45, 7) is 0.